The Hall–Kier alpha value is -3.42. The molecule has 10 heteroatoms. The first-order valence-corrected chi connectivity index (χ1v) is 16.6. The van der Waals surface area contributed by atoms with Crippen LogP contribution in [0.2, 0.25) is 0 Å². The summed E-state index contributed by atoms with van der Waals surface area (Å²) in [5.41, 5.74) is 7.25. The normalized spacial score (nSPS) is 24.5. The van der Waals surface area contributed by atoms with Gasteiger partial charge in [0.1, 0.15) is 12.4 Å². The smallest absolute Gasteiger partial charge is 0.318 e. The lowest BCUT2D eigenvalue weighted by Gasteiger charge is -2.37. The van der Waals surface area contributed by atoms with E-state index in [2.05, 4.69) is 51.2 Å². The van der Waals surface area contributed by atoms with E-state index in [9.17, 15) is 0 Å². The lowest BCUT2D eigenvalue weighted by molar-refractivity contribution is -0.0366. The lowest BCUT2D eigenvalue weighted by Crippen LogP contribution is -2.40. The molecule has 6 heterocycles. The number of nitrogens with zero attached hydrogens (tertiary/aromatic N) is 8. The van der Waals surface area contributed by atoms with Gasteiger partial charge in [-0.3, -0.25) is 0 Å². The molecule has 2 aromatic heterocycles. The maximum Gasteiger partial charge on any atom is 0.318 e. The van der Waals surface area contributed by atoms with Crippen molar-refractivity contribution >= 4 is 22.4 Å². The fourth-order valence-electron chi connectivity index (χ4n) is 7.76. The van der Waals surface area contributed by atoms with Crippen molar-refractivity contribution in [1.29, 1.82) is 0 Å². The standard InChI is InChI=1S/C34H46N8O2/c1-23-17-30-28(19-36-42(30)31-11-5-6-16-43-31)32(24(23)2)40-15-12-27-29(21-40)37-34(44-22-26-10-8-13-39(26)4)38-33(27)41-14-7-9-25(20-41)18-35-3/h17,19,25-26,31H,5-16,18,20-22H2,1-2,4H3/t25-,26-,31?/m0/s1. The maximum absolute atomic E-state index is 7.44. The summed E-state index contributed by atoms with van der Waals surface area (Å²) in [5, 5.41) is 6.05. The molecule has 0 spiro atoms. The summed E-state index contributed by atoms with van der Waals surface area (Å²) in [6.45, 7) is 18.4. The van der Waals surface area contributed by atoms with E-state index in [0.29, 0.717) is 37.7 Å². The van der Waals surface area contributed by atoms with Crippen LogP contribution in [0.15, 0.2) is 12.3 Å². The van der Waals surface area contributed by atoms with Gasteiger partial charge < -0.3 is 29.0 Å². The van der Waals surface area contributed by atoms with Gasteiger partial charge in [-0.15, -0.1) is 0 Å². The Kier molecular flexibility index (Phi) is 8.34. The molecule has 234 valence electrons. The molecule has 3 saturated heterocycles. The minimum atomic E-state index is 0.00317. The summed E-state index contributed by atoms with van der Waals surface area (Å²) in [6.07, 6.45) is 10.8. The van der Waals surface area contributed by atoms with Crippen LogP contribution in [0.3, 0.4) is 0 Å². The second kappa shape index (κ2) is 12.5. The molecule has 3 fully saturated rings. The number of ether oxygens (including phenoxy) is 2. The summed E-state index contributed by atoms with van der Waals surface area (Å²) in [6, 6.07) is 3.17. The van der Waals surface area contributed by atoms with Crippen molar-refractivity contribution in [2.75, 3.05) is 62.8 Å². The number of piperidine rings is 1. The molecular weight excluding hydrogens is 552 g/mol. The molecule has 4 aliphatic rings. The number of likely N-dealkylation sites (tertiary alicyclic amines) is 1. The van der Waals surface area contributed by atoms with E-state index in [1.54, 1.807) is 0 Å². The molecule has 0 bridgehead atoms. The molecule has 3 aromatic rings. The second-order valence-corrected chi connectivity index (χ2v) is 13.3. The Morgan fingerprint density at radius 3 is 2.73 bits per heavy atom. The van der Waals surface area contributed by atoms with Crippen LogP contribution in [-0.2, 0) is 17.7 Å². The molecular formula is C34H46N8O2. The third kappa shape index (κ3) is 5.61. The molecule has 4 aliphatic heterocycles. The number of anilines is 2. The van der Waals surface area contributed by atoms with Gasteiger partial charge in [-0.1, -0.05) is 0 Å². The van der Waals surface area contributed by atoms with E-state index in [1.165, 1.54) is 40.6 Å². The van der Waals surface area contributed by atoms with E-state index in [1.807, 2.05) is 6.20 Å². The summed E-state index contributed by atoms with van der Waals surface area (Å²) in [7, 11) is 2.18. The van der Waals surface area contributed by atoms with E-state index in [4.69, 9.17) is 31.1 Å². The van der Waals surface area contributed by atoms with E-state index < -0.39 is 0 Å². The van der Waals surface area contributed by atoms with Crippen LogP contribution in [0.4, 0.5) is 11.5 Å². The number of fused-ring (bicyclic) bond motifs is 2. The summed E-state index contributed by atoms with van der Waals surface area (Å²) in [5.74, 6) is 1.41. The van der Waals surface area contributed by atoms with Crippen LogP contribution in [0.1, 0.15) is 73.6 Å². The Bertz CT molecular complexity index is 1540. The van der Waals surface area contributed by atoms with Crippen molar-refractivity contribution in [2.24, 2.45) is 5.92 Å². The maximum atomic E-state index is 7.44. The topological polar surface area (TPSA) is 76.1 Å². The van der Waals surface area contributed by atoms with Crippen molar-refractivity contribution in [3.63, 3.8) is 0 Å². The largest absolute Gasteiger partial charge is 0.462 e. The quantitative estimate of drug-likeness (QED) is 0.339. The third-order valence-electron chi connectivity index (χ3n) is 10.4. The Morgan fingerprint density at radius 1 is 1.05 bits per heavy atom. The van der Waals surface area contributed by atoms with Crippen molar-refractivity contribution in [2.45, 2.75) is 84.0 Å². The van der Waals surface area contributed by atoms with Gasteiger partial charge in [-0.05, 0) is 96.0 Å². The zero-order valence-electron chi connectivity index (χ0n) is 26.6. The van der Waals surface area contributed by atoms with Gasteiger partial charge in [0.2, 0.25) is 6.54 Å². The number of hydrogen-bond donors (Lipinski definition) is 0. The van der Waals surface area contributed by atoms with Crippen molar-refractivity contribution in [3.05, 3.63) is 46.1 Å². The summed E-state index contributed by atoms with van der Waals surface area (Å²) < 4.78 is 14.6. The molecule has 1 aromatic carbocycles. The molecule has 0 amide bonds. The summed E-state index contributed by atoms with van der Waals surface area (Å²) in [4.78, 5) is 21.2. The van der Waals surface area contributed by atoms with Gasteiger partial charge in [-0.25, -0.2) is 11.3 Å². The van der Waals surface area contributed by atoms with Gasteiger partial charge in [0.15, 0.2) is 6.23 Å². The predicted octanol–water partition coefficient (Wildman–Crippen LogP) is 5.31. The zero-order valence-corrected chi connectivity index (χ0v) is 26.6. The molecule has 0 N–H and O–H groups in total. The van der Waals surface area contributed by atoms with Gasteiger partial charge in [0, 0.05) is 49.2 Å². The van der Waals surface area contributed by atoms with Crippen molar-refractivity contribution in [1.82, 2.24) is 24.6 Å². The van der Waals surface area contributed by atoms with Crippen LogP contribution in [0.25, 0.3) is 15.7 Å². The van der Waals surface area contributed by atoms with Gasteiger partial charge in [0.25, 0.3) is 0 Å². The molecule has 1 unspecified atom stereocenters. The van der Waals surface area contributed by atoms with E-state index >= 15 is 0 Å². The van der Waals surface area contributed by atoms with Crippen LogP contribution in [0, 0.1) is 26.3 Å². The average Bonchev–Trinajstić information content (AvgIpc) is 3.66. The minimum absolute atomic E-state index is 0.00317. The number of hydrogen-bond acceptors (Lipinski definition) is 8. The van der Waals surface area contributed by atoms with Crippen LogP contribution >= 0.6 is 0 Å². The highest BCUT2D eigenvalue weighted by Crippen LogP contribution is 2.39. The van der Waals surface area contributed by atoms with Gasteiger partial charge in [0.05, 0.1) is 29.6 Å². The number of aromatic nitrogens is 4. The first kappa shape index (κ1) is 29.3. The van der Waals surface area contributed by atoms with Crippen LogP contribution in [0.5, 0.6) is 6.01 Å². The third-order valence-corrected chi connectivity index (χ3v) is 10.4. The van der Waals surface area contributed by atoms with Crippen molar-refractivity contribution in [3.8, 4) is 6.01 Å². The predicted molar refractivity (Wildman–Crippen MR) is 172 cm³/mol. The van der Waals surface area contributed by atoms with Gasteiger partial charge >= 0.3 is 6.01 Å². The molecule has 0 saturated carbocycles. The average molecular weight is 599 g/mol. The van der Waals surface area contributed by atoms with Crippen LogP contribution in [-0.4, -0.2) is 83.7 Å². The SMILES string of the molecule is [C-]#[N+]C[C@@H]1CCCN(c2nc(OC[C@@H]3CCCN3C)nc3c2CCN(c2c(C)c(C)cc4c2cnn4C2CCCCO2)C3)C1. The molecule has 0 aliphatic carbocycles. The minimum Gasteiger partial charge on any atom is -0.462 e. The van der Waals surface area contributed by atoms with Crippen molar-refractivity contribution < 1.29 is 9.47 Å². The van der Waals surface area contributed by atoms with E-state index in [-0.39, 0.29) is 6.23 Å². The number of aryl methyl sites for hydroxylation is 1. The number of benzene rings is 1. The monoisotopic (exact) mass is 598 g/mol. The highest BCUT2D eigenvalue weighted by atomic mass is 16.5. The second-order valence-electron chi connectivity index (χ2n) is 13.3. The highest BCUT2D eigenvalue weighted by Gasteiger charge is 2.32. The molecule has 44 heavy (non-hydrogen) atoms. The Balaban J connectivity index is 1.23. The number of rotatable bonds is 7. The fraction of sp³-hybridized carbons (Fsp3) is 0.647. The molecule has 3 atom stereocenters. The van der Waals surface area contributed by atoms with E-state index in [0.717, 1.165) is 88.3 Å². The van der Waals surface area contributed by atoms with Gasteiger partial charge in [-0.2, -0.15) is 15.1 Å². The lowest BCUT2D eigenvalue weighted by atomic mass is 9.96. The molecule has 7 rings (SSSR count). The first-order chi connectivity index (χ1) is 21.5. The Labute approximate surface area is 261 Å². The molecule has 10 nitrogen and oxygen atoms in total. The highest BCUT2D eigenvalue weighted by molar-refractivity contribution is 5.95. The first-order valence-electron chi connectivity index (χ1n) is 16.6. The zero-order chi connectivity index (χ0) is 30.2. The van der Waals surface area contributed by atoms with Crippen LogP contribution < -0.4 is 14.5 Å². The summed E-state index contributed by atoms with van der Waals surface area (Å²) >= 11 is 0. The Morgan fingerprint density at radius 2 is 1.93 bits per heavy atom. The fourth-order valence-corrected chi connectivity index (χ4v) is 7.76. The number of likely N-dealkylation sites (N-methyl/N-ethyl adjacent to an activating group) is 1. The molecule has 0 radical (unpaired) electrons.